The number of carbonyl (C=O) groups excluding carboxylic acids is 1. The van der Waals surface area contributed by atoms with E-state index in [1.807, 2.05) is 0 Å². The van der Waals surface area contributed by atoms with E-state index in [0.717, 1.165) is 25.2 Å². The first-order valence-electron chi connectivity index (χ1n) is 7.30. The van der Waals surface area contributed by atoms with Gasteiger partial charge in [0.15, 0.2) is 0 Å². The topological polar surface area (TPSA) is 55.1 Å². The number of rotatable bonds is 2. The summed E-state index contributed by atoms with van der Waals surface area (Å²) in [6.45, 7) is 0. The Kier molecular flexibility index (Phi) is 3.12. The molecule has 2 bridgehead atoms. The second-order valence-corrected chi connectivity index (χ2v) is 6.34. The summed E-state index contributed by atoms with van der Waals surface area (Å²) in [6.07, 6.45) is 9.66. The van der Waals surface area contributed by atoms with Crippen molar-refractivity contribution in [1.82, 2.24) is 5.32 Å². The van der Waals surface area contributed by atoms with Gasteiger partial charge in [-0.1, -0.05) is 19.3 Å². The van der Waals surface area contributed by atoms with E-state index < -0.39 is 0 Å². The lowest BCUT2D eigenvalue weighted by atomic mass is 9.86. The second-order valence-electron chi connectivity index (χ2n) is 6.34. The van der Waals surface area contributed by atoms with Gasteiger partial charge < -0.3 is 11.1 Å². The van der Waals surface area contributed by atoms with E-state index in [0.29, 0.717) is 17.7 Å². The van der Waals surface area contributed by atoms with E-state index in [1.54, 1.807) is 0 Å². The van der Waals surface area contributed by atoms with Crippen molar-refractivity contribution < 1.29 is 4.79 Å². The number of hydrogen-bond acceptors (Lipinski definition) is 2. The van der Waals surface area contributed by atoms with E-state index in [4.69, 9.17) is 5.73 Å². The molecule has 0 heterocycles. The van der Waals surface area contributed by atoms with Gasteiger partial charge in [-0.3, -0.25) is 4.79 Å². The average molecular weight is 236 g/mol. The monoisotopic (exact) mass is 236 g/mol. The first kappa shape index (κ1) is 11.5. The molecule has 3 N–H and O–H groups in total. The number of amides is 1. The first-order chi connectivity index (χ1) is 8.24. The van der Waals surface area contributed by atoms with Crippen LogP contribution in [0.15, 0.2) is 0 Å². The maximum absolute atomic E-state index is 12.3. The minimum Gasteiger partial charge on any atom is -0.352 e. The summed E-state index contributed by atoms with van der Waals surface area (Å²) >= 11 is 0. The molecule has 3 nitrogen and oxygen atoms in total. The third-order valence-electron chi connectivity index (χ3n) is 5.22. The van der Waals surface area contributed by atoms with Crippen LogP contribution < -0.4 is 11.1 Å². The van der Waals surface area contributed by atoms with Crippen molar-refractivity contribution in [3.8, 4) is 0 Å². The van der Waals surface area contributed by atoms with Gasteiger partial charge in [0.05, 0.1) is 0 Å². The molecule has 0 aromatic carbocycles. The Labute approximate surface area is 104 Å². The van der Waals surface area contributed by atoms with Gasteiger partial charge in [-0.25, -0.2) is 0 Å². The highest BCUT2D eigenvalue weighted by Crippen LogP contribution is 2.48. The third-order valence-corrected chi connectivity index (χ3v) is 5.22. The van der Waals surface area contributed by atoms with Crippen LogP contribution in [0.2, 0.25) is 0 Å². The third kappa shape index (κ3) is 2.22. The lowest BCUT2D eigenvalue weighted by Gasteiger charge is -2.31. The zero-order valence-electron chi connectivity index (χ0n) is 10.5. The lowest BCUT2D eigenvalue weighted by Crippen LogP contribution is -2.51. The quantitative estimate of drug-likeness (QED) is 0.768. The molecule has 3 saturated carbocycles. The Hall–Kier alpha value is -0.570. The van der Waals surface area contributed by atoms with Crippen LogP contribution in [0.1, 0.15) is 51.4 Å². The summed E-state index contributed by atoms with van der Waals surface area (Å²) in [6, 6.07) is 0.432. The molecular weight excluding hydrogens is 212 g/mol. The smallest absolute Gasteiger partial charge is 0.223 e. The largest absolute Gasteiger partial charge is 0.352 e. The van der Waals surface area contributed by atoms with Crippen molar-refractivity contribution in [2.75, 3.05) is 0 Å². The van der Waals surface area contributed by atoms with Gasteiger partial charge >= 0.3 is 0 Å². The van der Waals surface area contributed by atoms with Gasteiger partial charge in [0.2, 0.25) is 5.91 Å². The van der Waals surface area contributed by atoms with Crippen LogP contribution in [-0.2, 0) is 4.79 Å². The van der Waals surface area contributed by atoms with Crippen LogP contribution in [0.25, 0.3) is 0 Å². The molecule has 5 atom stereocenters. The number of carbonyl (C=O) groups is 1. The van der Waals surface area contributed by atoms with Crippen molar-refractivity contribution in [3.63, 3.8) is 0 Å². The number of fused-ring (bicyclic) bond motifs is 2. The van der Waals surface area contributed by atoms with E-state index in [1.165, 1.54) is 32.1 Å². The Balaban J connectivity index is 1.56. The van der Waals surface area contributed by atoms with Crippen LogP contribution in [0.3, 0.4) is 0 Å². The van der Waals surface area contributed by atoms with Crippen LogP contribution >= 0.6 is 0 Å². The molecule has 0 saturated heterocycles. The van der Waals surface area contributed by atoms with Crippen molar-refractivity contribution in [2.24, 2.45) is 23.5 Å². The summed E-state index contributed by atoms with van der Waals surface area (Å²) in [5.41, 5.74) is 6.09. The summed E-state index contributed by atoms with van der Waals surface area (Å²) in [5.74, 6) is 2.14. The molecule has 3 aliphatic rings. The van der Waals surface area contributed by atoms with Gasteiger partial charge in [0.25, 0.3) is 0 Å². The minimum absolute atomic E-state index is 0.186. The van der Waals surface area contributed by atoms with Crippen LogP contribution in [-0.4, -0.2) is 18.0 Å². The van der Waals surface area contributed by atoms with E-state index >= 15 is 0 Å². The fourth-order valence-electron chi connectivity index (χ4n) is 4.19. The Bertz CT molecular complexity index is 305. The number of nitrogens with two attached hydrogens (primary N) is 1. The molecule has 3 heteroatoms. The minimum atomic E-state index is 0.186. The van der Waals surface area contributed by atoms with Gasteiger partial charge in [-0.2, -0.15) is 0 Å². The molecule has 3 fully saturated rings. The zero-order chi connectivity index (χ0) is 11.8. The molecule has 17 heavy (non-hydrogen) atoms. The molecule has 0 unspecified atom stereocenters. The molecule has 1 amide bonds. The van der Waals surface area contributed by atoms with E-state index in [-0.39, 0.29) is 12.1 Å². The molecule has 3 aliphatic carbocycles. The average Bonchev–Trinajstić information content (AvgIpc) is 2.94. The molecule has 96 valence electrons. The fraction of sp³-hybridized carbons (Fsp3) is 0.929. The van der Waals surface area contributed by atoms with Crippen molar-refractivity contribution in [3.05, 3.63) is 0 Å². The first-order valence-corrected chi connectivity index (χ1v) is 7.30. The summed E-state index contributed by atoms with van der Waals surface area (Å²) in [5, 5.41) is 3.23. The van der Waals surface area contributed by atoms with Crippen LogP contribution in [0, 0.1) is 17.8 Å². The summed E-state index contributed by atoms with van der Waals surface area (Å²) in [4.78, 5) is 12.3. The van der Waals surface area contributed by atoms with Crippen LogP contribution in [0.4, 0.5) is 0 Å². The number of hydrogen-bond donors (Lipinski definition) is 2. The molecule has 0 spiro atoms. The highest BCUT2D eigenvalue weighted by molar-refractivity contribution is 5.79. The standard InChI is InChI=1S/C14H24N2O/c15-12-3-1-2-4-13(12)16-14(17)11-8-9-5-6-10(11)7-9/h9-13H,1-8,15H2,(H,16,17)/t9-,10-,11-,12+,13-/m1/s1. The Morgan fingerprint density at radius 2 is 1.88 bits per heavy atom. The normalized spacial score (nSPS) is 44.9. The van der Waals surface area contributed by atoms with Crippen molar-refractivity contribution in [1.29, 1.82) is 0 Å². The predicted octanol–water partition coefficient (Wildman–Crippen LogP) is 1.81. The zero-order valence-corrected chi connectivity index (χ0v) is 10.5. The maximum Gasteiger partial charge on any atom is 0.223 e. The Morgan fingerprint density at radius 3 is 2.53 bits per heavy atom. The van der Waals surface area contributed by atoms with Gasteiger partial charge in [-0.15, -0.1) is 0 Å². The van der Waals surface area contributed by atoms with Crippen LogP contribution in [0.5, 0.6) is 0 Å². The van der Waals surface area contributed by atoms with E-state index in [2.05, 4.69) is 5.32 Å². The Morgan fingerprint density at radius 1 is 1.06 bits per heavy atom. The highest BCUT2D eigenvalue weighted by atomic mass is 16.2. The lowest BCUT2D eigenvalue weighted by molar-refractivity contribution is -0.127. The molecule has 3 rings (SSSR count). The molecule has 0 radical (unpaired) electrons. The molecule has 0 aromatic rings. The predicted molar refractivity (Wildman–Crippen MR) is 67.3 cm³/mol. The van der Waals surface area contributed by atoms with Crippen molar-refractivity contribution >= 4 is 5.91 Å². The molecule has 0 aliphatic heterocycles. The fourth-order valence-corrected chi connectivity index (χ4v) is 4.19. The SMILES string of the molecule is N[C@H]1CCCC[C@H]1NC(=O)[C@@H]1C[C@@H]2CC[C@@H]1C2. The molecular formula is C14H24N2O. The highest BCUT2D eigenvalue weighted by Gasteiger charge is 2.43. The summed E-state index contributed by atoms with van der Waals surface area (Å²) in [7, 11) is 0. The van der Waals surface area contributed by atoms with Gasteiger partial charge in [0.1, 0.15) is 0 Å². The maximum atomic E-state index is 12.3. The van der Waals surface area contributed by atoms with E-state index in [9.17, 15) is 4.79 Å². The number of nitrogens with one attached hydrogen (secondary N) is 1. The van der Waals surface area contributed by atoms with Crippen molar-refractivity contribution in [2.45, 2.75) is 63.5 Å². The second kappa shape index (κ2) is 4.60. The van der Waals surface area contributed by atoms with Gasteiger partial charge in [-0.05, 0) is 43.9 Å². The molecule has 0 aromatic heterocycles. The summed E-state index contributed by atoms with van der Waals surface area (Å²) < 4.78 is 0. The van der Waals surface area contributed by atoms with Gasteiger partial charge in [0, 0.05) is 18.0 Å².